The second-order valence-corrected chi connectivity index (χ2v) is 7.97. The molecule has 0 radical (unpaired) electrons. The van der Waals surface area contributed by atoms with Gasteiger partial charge in [-0.05, 0) is 18.2 Å². The largest absolute Gasteiger partial charge is 0.461 e. The lowest BCUT2D eigenvalue weighted by atomic mass is 9.76. The molecule has 2 aliphatic rings. The molecule has 14 heteroatoms. The lowest BCUT2D eigenvalue weighted by molar-refractivity contribution is -0.141. The SMILES string of the molecule is NC1=NC(CF)(c2cc(NC(=O)c3cnc(C(F)(F)F)cn3)ccc2F)C2CC(F)(F)C[C@@H]2O1. The molecular formula is C20H16F7N5O2. The van der Waals surface area contributed by atoms with E-state index >= 15 is 0 Å². The van der Waals surface area contributed by atoms with Crippen molar-refractivity contribution in [2.75, 3.05) is 12.0 Å². The number of benzene rings is 1. The van der Waals surface area contributed by atoms with Crippen molar-refractivity contribution in [2.24, 2.45) is 16.6 Å². The number of nitrogens with two attached hydrogens (primary N) is 1. The van der Waals surface area contributed by atoms with Crippen molar-refractivity contribution in [3.05, 3.63) is 53.4 Å². The molecule has 2 heterocycles. The van der Waals surface area contributed by atoms with Crippen molar-refractivity contribution >= 4 is 17.6 Å². The number of hydrogen-bond donors (Lipinski definition) is 2. The quantitative estimate of drug-likeness (QED) is 0.634. The molecule has 1 amide bonds. The summed E-state index contributed by atoms with van der Waals surface area (Å²) in [4.78, 5) is 22.8. The van der Waals surface area contributed by atoms with Crippen molar-refractivity contribution in [3.8, 4) is 0 Å². The summed E-state index contributed by atoms with van der Waals surface area (Å²) in [6.45, 7) is -1.38. The lowest BCUT2D eigenvalue weighted by Gasteiger charge is -2.40. The molecule has 2 unspecified atom stereocenters. The first-order valence-electron chi connectivity index (χ1n) is 9.81. The maximum atomic E-state index is 14.8. The van der Waals surface area contributed by atoms with E-state index in [4.69, 9.17) is 10.5 Å². The number of carbonyl (C=O) groups is 1. The van der Waals surface area contributed by atoms with Gasteiger partial charge < -0.3 is 15.8 Å². The van der Waals surface area contributed by atoms with E-state index in [9.17, 15) is 35.5 Å². The molecule has 1 aromatic heterocycles. The number of ether oxygens (including phenoxy) is 1. The number of aliphatic imine (C=N–C) groups is 1. The summed E-state index contributed by atoms with van der Waals surface area (Å²) in [7, 11) is 0. The molecule has 0 bridgehead atoms. The van der Waals surface area contributed by atoms with Gasteiger partial charge in [-0.3, -0.25) is 4.79 Å². The standard InChI is InChI=1S/C20H16F7N5O2/c21-8-19(11-4-18(23,24)5-14(11)34-17(28)32-19)10-3-9(1-2-12(10)22)31-16(33)13-6-30-15(7-29-13)20(25,26)27/h1-3,6-7,11,14H,4-5,8H2,(H2,28,32)(H,31,33)/t11?,14-,19?/m0/s1. The van der Waals surface area contributed by atoms with E-state index in [1.165, 1.54) is 0 Å². The second kappa shape index (κ2) is 8.09. The van der Waals surface area contributed by atoms with Crippen LogP contribution in [0.5, 0.6) is 0 Å². The minimum Gasteiger partial charge on any atom is -0.461 e. The molecule has 3 N–H and O–H groups in total. The predicted octanol–water partition coefficient (Wildman–Crippen LogP) is 3.81. The Morgan fingerprint density at radius 3 is 2.56 bits per heavy atom. The van der Waals surface area contributed by atoms with Gasteiger partial charge >= 0.3 is 6.18 Å². The van der Waals surface area contributed by atoms with Crippen molar-refractivity contribution in [2.45, 2.75) is 36.6 Å². The first-order valence-corrected chi connectivity index (χ1v) is 9.81. The van der Waals surface area contributed by atoms with Gasteiger partial charge in [-0.15, -0.1) is 0 Å². The van der Waals surface area contributed by atoms with E-state index in [1.54, 1.807) is 0 Å². The first kappa shape index (κ1) is 23.7. The van der Waals surface area contributed by atoms with E-state index < -0.39 is 83.9 Å². The highest BCUT2D eigenvalue weighted by Crippen LogP contribution is 2.53. The van der Waals surface area contributed by atoms with Crippen LogP contribution in [-0.4, -0.2) is 40.6 Å². The zero-order chi connectivity index (χ0) is 24.9. The summed E-state index contributed by atoms with van der Waals surface area (Å²) in [6, 6.07) is 2.38. The van der Waals surface area contributed by atoms with Crippen LogP contribution in [0.2, 0.25) is 0 Å². The van der Waals surface area contributed by atoms with Gasteiger partial charge in [0.05, 0.1) is 12.4 Å². The number of rotatable bonds is 4. The highest BCUT2D eigenvalue weighted by Gasteiger charge is 2.60. The average Bonchev–Trinajstić information content (AvgIpc) is 3.08. The predicted molar refractivity (Wildman–Crippen MR) is 103 cm³/mol. The van der Waals surface area contributed by atoms with E-state index in [0.717, 1.165) is 18.2 Å². The number of amides is 1. The van der Waals surface area contributed by atoms with Crippen LogP contribution in [-0.2, 0) is 16.5 Å². The number of nitrogens with one attached hydrogen (secondary N) is 1. The fourth-order valence-corrected chi connectivity index (χ4v) is 4.22. The zero-order valence-corrected chi connectivity index (χ0v) is 17.0. The summed E-state index contributed by atoms with van der Waals surface area (Å²) in [5.41, 5.74) is 1.11. The van der Waals surface area contributed by atoms with Crippen molar-refractivity contribution in [3.63, 3.8) is 0 Å². The van der Waals surface area contributed by atoms with E-state index in [2.05, 4.69) is 20.3 Å². The zero-order valence-electron chi connectivity index (χ0n) is 17.0. The molecule has 1 aromatic carbocycles. The van der Waals surface area contributed by atoms with Crippen LogP contribution >= 0.6 is 0 Å². The Morgan fingerprint density at radius 2 is 1.94 bits per heavy atom. The lowest BCUT2D eigenvalue weighted by Crippen LogP contribution is -2.48. The smallest absolute Gasteiger partial charge is 0.434 e. The number of carbonyl (C=O) groups excluding carboxylic acids is 1. The molecule has 7 nitrogen and oxygen atoms in total. The fourth-order valence-electron chi connectivity index (χ4n) is 4.22. The van der Waals surface area contributed by atoms with Crippen molar-refractivity contribution in [1.82, 2.24) is 9.97 Å². The molecule has 182 valence electrons. The van der Waals surface area contributed by atoms with Crippen LogP contribution in [0, 0.1) is 11.7 Å². The summed E-state index contributed by atoms with van der Waals surface area (Å²) in [5.74, 6) is -6.44. The molecule has 4 rings (SSSR count). The number of anilines is 1. The minimum absolute atomic E-state index is 0.113. The van der Waals surface area contributed by atoms with Gasteiger partial charge in [-0.25, -0.2) is 32.5 Å². The molecule has 3 atom stereocenters. The molecule has 2 aromatic rings. The highest BCUT2D eigenvalue weighted by atomic mass is 19.4. The number of halogens is 7. The van der Waals surface area contributed by atoms with Crippen LogP contribution in [0.1, 0.15) is 34.6 Å². The maximum absolute atomic E-state index is 14.8. The van der Waals surface area contributed by atoms with Crippen LogP contribution in [0.3, 0.4) is 0 Å². The molecule has 0 saturated heterocycles. The monoisotopic (exact) mass is 491 g/mol. The normalized spacial score (nSPS) is 25.8. The number of alkyl halides is 6. The summed E-state index contributed by atoms with van der Waals surface area (Å²) < 4.78 is 100. The van der Waals surface area contributed by atoms with Crippen molar-refractivity contribution in [1.29, 1.82) is 0 Å². The van der Waals surface area contributed by atoms with Gasteiger partial charge in [0.25, 0.3) is 17.9 Å². The number of aromatic nitrogens is 2. The topological polar surface area (TPSA) is 102 Å². The summed E-state index contributed by atoms with van der Waals surface area (Å²) in [5, 5.41) is 2.28. The Balaban J connectivity index is 1.66. The highest BCUT2D eigenvalue weighted by molar-refractivity contribution is 6.02. The third-order valence-electron chi connectivity index (χ3n) is 5.73. The number of amidine groups is 1. The maximum Gasteiger partial charge on any atom is 0.434 e. The third-order valence-corrected chi connectivity index (χ3v) is 5.73. The van der Waals surface area contributed by atoms with E-state index in [-0.39, 0.29) is 5.69 Å². The Labute approximate surface area is 187 Å². The van der Waals surface area contributed by atoms with Gasteiger partial charge in [-0.2, -0.15) is 13.2 Å². The van der Waals surface area contributed by atoms with Gasteiger partial charge in [0, 0.05) is 30.0 Å². The Kier molecular flexibility index (Phi) is 5.64. The Hall–Kier alpha value is -3.45. The Morgan fingerprint density at radius 1 is 1.21 bits per heavy atom. The molecule has 1 aliphatic heterocycles. The average molecular weight is 491 g/mol. The second-order valence-electron chi connectivity index (χ2n) is 7.97. The molecule has 1 fully saturated rings. The van der Waals surface area contributed by atoms with Gasteiger partial charge in [0.15, 0.2) is 5.69 Å². The molecule has 1 aliphatic carbocycles. The minimum atomic E-state index is -4.75. The van der Waals surface area contributed by atoms with Crippen LogP contribution < -0.4 is 11.1 Å². The summed E-state index contributed by atoms with van der Waals surface area (Å²) >= 11 is 0. The van der Waals surface area contributed by atoms with E-state index in [0.29, 0.717) is 12.4 Å². The molecule has 34 heavy (non-hydrogen) atoms. The van der Waals surface area contributed by atoms with Gasteiger partial charge in [0.2, 0.25) is 0 Å². The molecular weight excluding hydrogens is 475 g/mol. The van der Waals surface area contributed by atoms with E-state index in [1.807, 2.05) is 0 Å². The number of nitrogens with zero attached hydrogens (tertiary/aromatic N) is 3. The molecule has 0 spiro atoms. The molecule has 1 saturated carbocycles. The van der Waals surface area contributed by atoms with Gasteiger partial charge in [0.1, 0.15) is 29.8 Å². The Bertz CT molecular complexity index is 1140. The number of hydrogen-bond acceptors (Lipinski definition) is 6. The first-order chi connectivity index (χ1) is 15.8. The summed E-state index contributed by atoms with van der Waals surface area (Å²) in [6.07, 6.45) is -6.57. The van der Waals surface area contributed by atoms with Crippen LogP contribution in [0.25, 0.3) is 0 Å². The van der Waals surface area contributed by atoms with Crippen LogP contribution in [0.4, 0.5) is 36.4 Å². The third kappa shape index (κ3) is 4.23. The van der Waals surface area contributed by atoms with Crippen LogP contribution in [0.15, 0.2) is 35.6 Å². The van der Waals surface area contributed by atoms with Gasteiger partial charge in [-0.1, -0.05) is 0 Å². The fraction of sp³-hybridized carbons (Fsp3) is 0.400. The number of fused-ring (bicyclic) bond motifs is 1. The van der Waals surface area contributed by atoms with Crippen molar-refractivity contribution < 1.29 is 40.3 Å².